The smallest absolute Gasteiger partial charge is 0.320 e. The van der Waals surface area contributed by atoms with Crippen LogP contribution in [0.25, 0.3) is 0 Å². The lowest BCUT2D eigenvalue weighted by atomic mass is 10.2. The summed E-state index contributed by atoms with van der Waals surface area (Å²) in [6, 6.07) is 9.83. The van der Waals surface area contributed by atoms with E-state index in [4.69, 9.17) is 9.47 Å². The van der Waals surface area contributed by atoms with Gasteiger partial charge in [0.2, 0.25) is 0 Å². The monoisotopic (exact) mass is 348 g/mol. The summed E-state index contributed by atoms with van der Waals surface area (Å²) in [7, 11) is 0. The van der Waals surface area contributed by atoms with Crippen LogP contribution in [0.1, 0.15) is 25.8 Å². The molecule has 1 amide bonds. The average Bonchev–Trinajstić information content (AvgIpc) is 2.85. The number of ether oxygens (including phenoxy) is 2. The SMILES string of the molecule is CCOC(=O)CN1CCCN(C(=O)C(C)OCc2ccccc2)CC1. The fourth-order valence-electron chi connectivity index (χ4n) is 2.86. The maximum atomic E-state index is 12.6. The second-order valence-corrected chi connectivity index (χ2v) is 6.20. The van der Waals surface area contributed by atoms with Crippen LogP contribution in [0.3, 0.4) is 0 Å². The van der Waals surface area contributed by atoms with E-state index in [1.807, 2.05) is 40.1 Å². The predicted octanol–water partition coefficient (Wildman–Crippen LogP) is 1.69. The molecule has 0 spiro atoms. The van der Waals surface area contributed by atoms with E-state index in [1.165, 1.54) is 0 Å². The predicted molar refractivity (Wildman–Crippen MR) is 95.0 cm³/mol. The highest BCUT2D eigenvalue weighted by Gasteiger charge is 2.24. The molecule has 1 aromatic rings. The Morgan fingerprint density at radius 2 is 1.88 bits per heavy atom. The van der Waals surface area contributed by atoms with Gasteiger partial charge < -0.3 is 14.4 Å². The molecule has 0 aliphatic carbocycles. The van der Waals surface area contributed by atoms with Gasteiger partial charge in [-0.3, -0.25) is 14.5 Å². The van der Waals surface area contributed by atoms with Crippen molar-refractivity contribution in [2.75, 3.05) is 39.3 Å². The first-order valence-corrected chi connectivity index (χ1v) is 8.92. The van der Waals surface area contributed by atoms with Crippen molar-refractivity contribution in [2.45, 2.75) is 33.0 Å². The number of nitrogens with zero attached hydrogens (tertiary/aromatic N) is 2. The van der Waals surface area contributed by atoms with Crippen molar-refractivity contribution in [1.29, 1.82) is 0 Å². The lowest BCUT2D eigenvalue weighted by Gasteiger charge is -2.24. The first-order chi connectivity index (χ1) is 12.1. The fourth-order valence-corrected chi connectivity index (χ4v) is 2.86. The van der Waals surface area contributed by atoms with E-state index in [0.717, 1.165) is 18.5 Å². The summed E-state index contributed by atoms with van der Waals surface area (Å²) in [6.45, 7) is 7.48. The Balaban J connectivity index is 1.78. The molecule has 1 unspecified atom stereocenters. The maximum Gasteiger partial charge on any atom is 0.320 e. The quantitative estimate of drug-likeness (QED) is 0.702. The Morgan fingerprint density at radius 3 is 2.60 bits per heavy atom. The standard InChI is InChI=1S/C19H28N2O4/c1-3-24-18(22)14-20-10-7-11-21(13-12-20)19(23)16(2)25-15-17-8-5-4-6-9-17/h4-6,8-9,16H,3,7,10-15H2,1-2H3. The van der Waals surface area contributed by atoms with Crippen LogP contribution in [0.5, 0.6) is 0 Å². The van der Waals surface area contributed by atoms with E-state index in [2.05, 4.69) is 0 Å². The van der Waals surface area contributed by atoms with Crippen LogP contribution in [0.15, 0.2) is 30.3 Å². The van der Waals surface area contributed by atoms with Gasteiger partial charge in [-0.2, -0.15) is 0 Å². The first-order valence-electron chi connectivity index (χ1n) is 8.92. The number of carbonyl (C=O) groups excluding carboxylic acids is 2. The molecule has 25 heavy (non-hydrogen) atoms. The van der Waals surface area contributed by atoms with Gasteiger partial charge in [0.15, 0.2) is 0 Å². The van der Waals surface area contributed by atoms with Gasteiger partial charge in [-0.1, -0.05) is 30.3 Å². The fraction of sp³-hybridized carbons (Fsp3) is 0.579. The first kappa shape index (κ1) is 19.4. The Morgan fingerprint density at radius 1 is 1.12 bits per heavy atom. The number of benzene rings is 1. The van der Waals surface area contributed by atoms with Crippen LogP contribution in [-0.4, -0.2) is 67.1 Å². The van der Waals surface area contributed by atoms with Gasteiger partial charge in [-0.15, -0.1) is 0 Å². The molecule has 6 heteroatoms. The van der Waals surface area contributed by atoms with Crippen molar-refractivity contribution in [3.63, 3.8) is 0 Å². The number of rotatable bonds is 7. The number of carbonyl (C=O) groups is 2. The molecule has 1 heterocycles. The largest absolute Gasteiger partial charge is 0.465 e. The maximum absolute atomic E-state index is 12.6. The second kappa shape index (κ2) is 10.2. The third-order valence-corrected chi connectivity index (χ3v) is 4.25. The van der Waals surface area contributed by atoms with E-state index in [9.17, 15) is 9.59 Å². The zero-order valence-corrected chi connectivity index (χ0v) is 15.1. The third-order valence-electron chi connectivity index (χ3n) is 4.25. The van der Waals surface area contributed by atoms with Gasteiger partial charge in [-0.25, -0.2) is 0 Å². The molecule has 138 valence electrons. The van der Waals surface area contributed by atoms with Crippen molar-refractivity contribution < 1.29 is 19.1 Å². The molecule has 0 N–H and O–H groups in total. The summed E-state index contributed by atoms with van der Waals surface area (Å²) in [4.78, 5) is 28.1. The molecule has 1 saturated heterocycles. The minimum atomic E-state index is -0.475. The molecule has 1 aromatic carbocycles. The zero-order chi connectivity index (χ0) is 18.1. The Kier molecular flexibility index (Phi) is 7.88. The number of hydrogen-bond donors (Lipinski definition) is 0. The normalized spacial score (nSPS) is 17.0. The van der Waals surface area contributed by atoms with E-state index in [-0.39, 0.29) is 18.4 Å². The summed E-state index contributed by atoms with van der Waals surface area (Å²) in [5.41, 5.74) is 1.05. The Labute approximate surface area is 149 Å². The molecule has 1 aliphatic rings. The molecule has 0 saturated carbocycles. The van der Waals surface area contributed by atoms with Gasteiger partial charge in [0.05, 0.1) is 19.8 Å². The summed E-state index contributed by atoms with van der Waals surface area (Å²) < 4.78 is 10.7. The van der Waals surface area contributed by atoms with Crippen molar-refractivity contribution in [3.8, 4) is 0 Å². The van der Waals surface area contributed by atoms with Gasteiger partial charge >= 0.3 is 5.97 Å². The molecule has 0 aromatic heterocycles. The minimum Gasteiger partial charge on any atom is -0.465 e. The van der Waals surface area contributed by atoms with E-state index in [1.54, 1.807) is 13.8 Å². The molecule has 1 atom stereocenters. The molecular weight excluding hydrogens is 320 g/mol. The molecule has 0 radical (unpaired) electrons. The molecule has 1 aliphatic heterocycles. The van der Waals surface area contributed by atoms with Gasteiger partial charge in [0.25, 0.3) is 5.91 Å². The Bertz CT molecular complexity index is 550. The van der Waals surface area contributed by atoms with Crippen molar-refractivity contribution >= 4 is 11.9 Å². The summed E-state index contributed by atoms with van der Waals surface area (Å²) in [5.74, 6) is -0.198. The summed E-state index contributed by atoms with van der Waals surface area (Å²) >= 11 is 0. The minimum absolute atomic E-state index is 0.00826. The highest BCUT2D eigenvalue weighted by Crippen LogP contribution is 2.09. The van der Waals surface area contributed by atoms with E-state index < -0.39 is 6.10 Å². The van der Waals surface area contributed by atoms with E-state index >= 15 is 0 Å². The molecule has 6 nitrogen and oxygen atoms in total. The van der Waals surface area contributed by atoms with Crippen LogP contribution in [0.2, 0.25) is 0 Å². The summed E-state index contributed by atoms with van der Waals surface area (Å²) in [5, 5.41) is 0. The zero-order valence-electron chi connectivity index (χ0n) is 15.1. The van der Waals surface area contributed by atoms with Crippen LogP contribution in [0.4, 0.5) is 0 Å². The van der Waals surface area contributed by atoms with Crippen LogP contribution >= 0.6 is 0 Å². The molecule has 1 fully saturated rings. The lowest BCUT2D eigenvalue weighted by molar-refractivity contribution is -0.144. The highest BCUT2D eigenvalue weighted by molar-refractivity contribution is 5.80. The van der Waals surface area contributed by atoms with Crippen molar-refractivity contribution in [3.05, 3.63) is 35.9 Å². The van der Waals surface area contributed by atoms with Crippen LogP contribution < -0.4 is 0 Å². The van der Waals surface area contributed by atoms with Crippen LogP contribution in [-0.2, 0) is 25.7 Å². The number of esters is 1. The number of amides is 1. The highest BCUT2D eigenvalue weighted by atomic mass is 16.5. The van der Waals surface area contributed by atoms with Crippen LogP contribution in [0, 0.1) is 0 Å². The van der Waals surface area contributed by atoms with Crippen molar-refractivity contribution in [1.82, 2.24) is 9.80 Å². The Hall–Kier alpha value is -1.92. The molecular formula is C19H28N2O4. The number of hydrogen-bond acceptors (Lipinski definition) is 5. The summed E-state index contributed by atoms with van der Waals surface area (Å²) in [6.07, 6.45) is 0.369. The topological polar surface area (TPSA) is 59.1 Å². The van der Waals surface area contributed by atoms with Gasteiger partial charge in [0.1, 0.15) is 6.10 Å². The lowest BCUT2D eigenvalue weighted by Crippen LogP contribution is -2.41. The average molecular weight is 348 g/mol. The third kappa shape index (κ3) is 6.48. The molecule has 2 rings (SSSR count). The van der Waals surface area contributed by atoms with Gasteiger partial charge in [0, 0.05) is 26.2 Å². The second-order valence-electron chi connectivity index (χ2n) is 6.20. The van der Waals surface area contributed by atoms with E-state index in [0.29, 0.717) is 32.8 Å². The molecule has 0 bridgehead atoms. The van der Waals surface area contributed by atoms with Crippen molar-refractivity contribution in [2.24, 2.45) is 0 Å². The van der Waals surface area contributed by atoms with Gasteiger partial charge in [-0.05, 0) is 25.8 Å².